The smallest absolute Gasteiger partial charge is 0.340 e. The molecule has 4 heterocycles. The molecule has 10 heteroatoms. The van der Waals surface area contributed by atoms with Crippen molar-refractivity contribution in [3.63, 3.8) is 0 Å². The highest BCUT2D eigenvalue weighted by Crippen LogP contribution is 2.35. The lowest BCUT2D eigenvalue weighted by molar-refractivity contribution is 0.0512. The highest BCUT2D eigenvalue weighted by molar-refractivity contribution is 6.06. The molecular weight excluding hydrogens is 518 g/mol. The Morgan fingerprint density at radius 2 is 1.73 bits per heavy atom. The lowest BCUT2D eigenvalue weighted by atomic mass is 10.1. The minimum Gasteiger partial charge on any atom is -0.462 e. The van der Waals surface area contributed by atoms with Gasteiger partial charge < -0.3 is 19.9 Å². The van der Waals surface area contributed by atoms with Gasteiger partial charge in [0.2, 0.25) is 5.95 Å². The van der Waals surface area contributed by atoms with E-state index in [2.05, 4.69) is 27.1 Å². The fourth-order valence-corrected chi connectivity index (χ4v) is 5.67. The molecule has 3 aliphatic rings. The molecule has 0 saturated carbocycles. The van der Waals surface area contributed by atoms with Crippen LogP contribution in [0, 0.1) is 13.8 Å². The minimum absolute atomic E-state index is 0.140. The van der Waals surface area contributed by atoms with E-state index in [4.69, 9.17) is 9.72 Å². The van der Waals surface area contributed by atoms with Crippen molar-refractivity contribution in [2.75, 3.05) is 66.4 Å². The molecule has 0 unspecified atom stereocenters. The van der Waals surface area contributed by atoms with E-state index < -0.39 is 0 Å². The zero-order valence-electron chi connectivity index (χ0n) is 23.8. The molecule has 1 saturated heterocycles. The van der Waals surface area contributed by atoms with Crippen molar-refractivity contribution in [3.8, 4) is 0 Å². The maximum absolute atomic E-state index is 13.9. The van der Waals surface area contributed by atoms with E-state index in [0.717, 1.165) is 54.2 Å². The summed E-state index contributed by atoms with van der Waals surface area (Å²) >= 11 is 0. The number of para-hydroxylation sites is 1. The van der Waals surface area contributed by atoms with Gasteiger partial charge in [-0.1, -0.05) is 30.4 Å². The molecule has 3 aromatic rings. The normalized spacial score (nSPS) is 18.8. The molecule has 212 valence electrons. The number of hydrogen-bond donors (Lipinski definition) is 1. The molecule has 1 aromatic heterocycles. The van der Waals surface area contributed by atoms with Gasteiger partial charge in [-0.15, -0.1) is 0 Å². The van der Waals surface area contributed by atoms with Gasteiger partial charge in [-0.2, -0.15) is 4.98 Å². The maximum Gasteiger partial charge on any atom is 0.340 e. The maximum atomic E-state index is 13.9. The number of nitrogens with zero attached hydrogens (tertiary/aromatic N) is 6. The van der Waals surface area contributed by atoms with E-state index in [1.807, 2.05) is 56.3 Å². The molecule has 6 rings (SSSR count). The summed E-state index contributed by atoms with van der Waals surface area (Å²) in [7, 11) is 2.11. The number of aryl methyl sites for hydroxylation is 2. The van der Waals surface area contributed by atoms with E-state index in [-0.39, 0.29) is 18.6 Å². The number of carbonyl (C=O) groups is 2. The third kappa shape index (κ3) is 5.35. The number of cyclic esters (lactones) is 1. The van der Waals surface area contributed by atoms with E-state index in [1.54, 1.807) is 22.1 Å². The predicted octanol–water partition coefficient (Wildman–Crippen LogP) is 4.65. The summed E-state index contributed by atoms with van der Waals surface area (Å²) in [6.07, 6.45) is 6.18. The fraction of sp³-hybridized carbons (Fsp3) is 0.355. The van der Waals surface area contributed by atoms with Gasteiger partial charge in [0, 0.05) is 50.2 Å². The first kappa shape index (κ1) is 26.8. The van der Waals surface area contributed by atoms with Gasteiger partial charge in [0.05, 0.1) is 30.1 Å². The van der Waals surface area contributed by atoms with Crippen molar-refractivity contribution in [1.82, 2.24) is 14.9 Å². The van der Waals surface area contributed by atoms with Crippen LogP contribution in [0.5, 0.6) is 0 Å². The van der Waals surface area contributed by atoms with Crippen LogP contribution in [0.25, 0.3) is 0 Å². The summed E-state index contributed by atoms with van der Waals surface area (Å²) < 4.78 is 5.69. The van der Waals surface area contributed by atoms with Gasteiger partial charge >= 0.3 is 12.0 Å². The van der Waals surface area contributed by atoms with Crippen LogP contribution in [0.1, 0.15) is 33.5 Å². The molecule has 4 bridgehead atoms. The van der Waals surface area contributed by atoms with Crippen molar-refractivity contribution < 1.29 is 14.3 Å². The summed E-state index contributed by atoms with van der Waals surface area (Å²) in [5.74, 6) is 0.575. The molecule has 41 heavy (non-hydrogen) atoms. The van der Waals surface area contributed by atoms with E-state index in [9.17, 15) is 9.59 Å². The van der Waals surface area contributed by atoms with Gasteiger partial charge in [0.25, 0.3) is 0 Å². The number of piperazine rings is 1. The summed E-state index contributed by atoms with van der Waals surface area (Å²) in [5, 5.41) is 3.26. The molecule has 0 spiro atoms. The van der Waals surface area contributed by atoms with Crippen LogP contribution >= 0.6 is 0 Å². The summed E-state index contributed by atoms with van der Waals surface area (Å²) in [4.78, 5) is 44.5. The summed E-state index contributed by atoms with van der Waals surface area (Å²) in [5.41, 5.74) is 5.89. The summed E-state index contributed by atoms with van der Waals surface area (Å²) in [6.45, 7) is 8.53. The van der Waals surface area contributed by atoms with Crippen LogP contribution in [0.3, 0.4) is 0 Å². The second-order valence-electron chi connectivity index (χ2n) is 10.8. The van der Waals surface area contributed by atoms with E-state index in [0.29, 0.717) is 42.5 Å². The molecular formula is C31H35N7O3. The van der Waals surface area contributed by atoms with Gasteiger partial charge in [-0.3, -0.25) is 9.80 Å². The van der Waals surface area contributed by atoms with Gasteiger partial charge in [0.15, 0.2) is 0 Å². The Bertz CT molecular complexity index is 1490. The van der Waals surface area contributed by atoms with Crippen molar-refractivity contribution in [1.29, 1.82) is 0 Å². The molecule has 2 amide bonds. The highest BCUT2D eigenvalue weighted by atomic mass is 16.5. The van der Waals surface area contributed by atoms with Crippen LogP contribution < -0.4 is 20.0 Å². The number of nitrogens with one attached hydrogen (secondary N) is 1. The first-order valence-corrected chi connectivity index (χ1v) is 14.1. The third-order valence-corrected chi connectivity index (χ3v) is 7.89. The molecule has 1 fully saturated rings. The average molecular weight is 554 g/mol. The Morgan fingerprint density at radius 1 is 0.951 bits per heavy atom. The van der Waals surface area contributed by atoms with E-state index >= 15 is 0 Å². The number of urea groups is 1. The monoisotopic (exact) mass is 553 g/mol. The minimum atomic E-state index is -0.359. The van der Waals surface area contributed by atoms with Crippen molar-refractivity contribution in [2.45, 2.75) is 26.8 Å². The number of hydrogen-bond acceptors (Lipinski definition) is 8. The number of anilines is 5. The Labute approximate surface area is 240 Å². The van der Waals surface area contributed by atoms with Crippen molar-refractivity contribution in [2.24, 2.45) is 0 Å². The fourth-order valence-electron chi connectivity index (χ4n) is 5.67. The Kier molecular flexibility index (Phi) is 7.32. The first-order valence-electron chi connectivity index (χ1n) is 14.1. The van der Waals surface area contributed by atoms with Crippen LogP contribution in [-0.2, 0) is 11.3 Å². The number of likely N-dealkylation sites (N-methyl/N-ethyl adjacent to an activating group) is 1. The zero-order chi connectivity index (χ0) is 28.5. The molecule has 1 N–H and O–H groups in total. The second kappa shape index (κ2) is 11.2. The zero-order valence-corrected chi connectivity index (χ0v) is 23.8. The molecule has 0 radical (unpaired) electrons. The second-order valence-corrected chi connectivity index (χ2v) is 10.8. The molecule has 3 aliphatic heterocycles. The topological polar surface area (TPSA) is 94.1 Å². The number of carbonyl (C=O) groups excluding carboxylic acids is 2. The number of esters is 1. The quantitative estimate of drug-likeness (QED) is 0.362. The number of fused-ring (bicyclic) bond motifs is 3. The highest BCUT2D eigenvalue weighted by Gasteiger charge is 2.34. The largest absolute Gasteiger partial charge is 0.462 e. The molecule has 0 atom stereocenters. The molecule has 0 aliphatic carbocycles. The van der Waals surface area contributed by atoms with Crippen LogP contribution in [-0.4, -0.2) is 73.2 Å². The number of benzene rings is 2. The average Bonchev–Trinajstić information content (AvgIpc) is 2.96. The SMILES string of the molecule is Cc1cccc(C)c1N1Cc2cnc3nc2N(C/C=C/CCOC(=O)c2cc(ccc2N2CCN(C)CC2)N3)C1=O. The van der Waals surface area contributed by atoms with Crippen molar-refractivity contribution in [3.05, 3.63) is 77.0 Å². The number of ether oxygens (including phenoxy) is 1. The first-order chi connectivity index (χ1) is 19.9. The molecule has 2 aromatic carbocycles. The van der Waals surface area contributed by atoms with Gasteiger partial charge in [-0.05, 0) is 56.6 Å². The van der Waals surface area contributed by atoms with Crippen LogP contribution in [0.2, 0.25) is 0 Å². The third-order valence-electron chi connectivity index (χ3n) is 7.89. The summed E-state index contributed by atoms with van der Waals surface area (Å²) in [6, 6.07) is 11.6. The number of rotatable bonds is 2. The van der Waals surface area contributed by atoms with Crippen molar-refractivity contribution >= 4 is 40.8 Å². The predicted molar refractivity (Wildman–Crippen MR) is 160 cm³/mol. The standard InChI is InChI=1S/C31H35N7O3/c1-21-8-7-9-22(2)27(21)38-20-23-19-32-30-33-24-10-11-26(36-15-13-35(3)14-16-36)25(18-24)29(39)41-17-6-4-5-12-37(31(38)40)28(23)34-30/h4-5,7-11,18-19H,6,12-17,20H2,1-3H3,(H,32,33,34)/b5-4+. The lowest BCUT2D eigenvalue weighted by Crippen LogP contribution is -2.48. The number of aromatic nitrogens is 2. The van der Waals surface area contributed by atoms with Crippen LogP contribution in [0.4, 0.5) is 33.6 Å². The Hall–Kier alpha value is -4.44. The molecule has 10 nitrogen and oxygen atoms in total. The number of amides is 2. The Balaban J connectivity index is 1.37. The lowest BCUT2D eigenvalue weighted by Gasteiger charge is -2.37. The van der Waals surface area contributed by atoms with E-state index in [1.165, 1.54) is 0 Å². The Morgan fingerprint density at radius 3 is 2.51 bits per heavy atom. The van der Waals surface area contributed by atoms with Crippen LogP contribution in [0.15, 0.2) is 54.7 Å². The van der Waals surface area contributed by atoms with Gasteiger partial charge in [-0.25, -0.2) is 14.6 Å². The van der Waals surface area contributed by atoms with Gasteiger partial charge in [0.1, 0.15) is 5.82 Å².